The highest BCUT2D eigenvalue weighted by molar-refractivity contribution is 6.00. The first kappa shape index (κ1) is 30.6. The molecule has 4 aromatic carbocycles. The number of phenolic OH excluding ortho intramolecular Hbond substituents is 1. The molecule has 0 radical (unpaired) electrons. The van der Waals surface area contributed by atoms with E-state index >= 15 is 0 Å². The molecule has 0 aromatic heterocycles. The van der Waals surface area contributed by atoms with Gasteiger partial charge in [0.05, 0.1) is 0 Å². The van der Waals surface area contributed by atoms with E-state index < -0.39 is 23.8 Å². The lowest BCUT2D eigenvalue weighted by molar-refractivity contribution is -0.141. The number of hydrogen-bond acceptors (Lipinski definition) is 5. The minimum atomic E-state index is -1.01. The summed E-state index contributed by atoms with van der Waals surface area (Å²) in [4.78, 5) is 43.4. The Balaban J connectivity index is 1.52. The second-order valence-electron chi connectivity index (χ2n) is 12.4. The summed E-state index contributed by atoms with van der Waals surface area (Å²) in [6, 6.07) is 25.7. The number of anilines is 1. The van der Waals surface area contributed by atoms with E-state index in [4.69, 9.17) is 4.74 Å². The van der Waals surface area contributed by atoms with Gasteiger partial charge in [-0.25, -0.2) is 4.79 Å². The number of alkyl carbamates (subject to hydrolysis) is 1. The standard InChI is InChI=1S/C36H39N3O5/c1-23-20-27(15-19-31(23)40)32(33(41)37-28-16-14-25-12-8-9-13-26(25)22-28)39(29-17-18-29)34(42)30(21-24-10-6-5-7-11-24)38-35(43)44-36(2,3)4/h5-16,19-20,22,29-30,32,40H,17-18,21H2,1-4H3,(H,37,41)(H,38,43). The molecule has 44 heavy (non-hydrogen) atoms. The second-order valence-corrected chi connectivity index (χ2v) is 12.4. The molecule has 0 saturated heterocycles. The van der Waals surface area contributed by atoms with E-state index in [0.717, 1.165) is 29.2 Å². The highest BCUT2D eigenvalue weighted by atomic mass is 16.6. The second kappa shape index (κ2) is 12.8. The van der Waals surface area contributed by atoms with E-state index in [9.17, 15) is 19.5 Å². The SMILES string of the molecule is Cc1cc(C(C(=O)Nc2ccc3ccccc3c2)N(C(=O)C(Cc2ccccc2)NC(=O)OC(C)(C)C)C2CC2)ccc1O. The average molecular weight is 594 g/mol. The molecule has 1 aliphatic rings. The summed E-state index contributed by atoms with van der Waals surface area (Å²) in [6.45, 7) is 7.04. The molecule has 1 aliphatic carbocycles. The maximum absolute atomic E-state index is 14.6. The minimum Gasteiger partial charge on any atom is -0.508 e. The monoisotopic (exact) mass is 593 g/mol. The number of ether oxygens (including phenoxy) is 1. The molecule has 3 N–H and O–H groups in total. The van der Waals surface area contributed by atoms with Crippen LogP contribution in [0.25, 0.3) is 10.8 Å². The predicted octanol–water partition coefficient (Wildman–Crippen LogP) is 6.66. The van der Waals surface area contributed by atoms with Crippen LogP contribution in [0.2, 0.25) is 0 Å². The molecular weight excluding hydrogens is 554 g/mol. The Kier molecular flexibility index (Phi) is 8.90. The van der Waals surface area contributed by atoms with Gasteiger partial charge in [-0.15, -0.1) is 0 Å². The molecule has 5 rings (SSSR count). The van der Waals surface area contributed by atoms with Crippen LogP contribution in [0.5, 0.6) is 5.75 Å². The van der Waals surface area contributed by atoms with Gasteiger partial charge >= 0.3 is 6.09 Å². The fraction of sp³-hybridized carbons (Fsp3) is 0.306. The Morgan fingerprint density at radius 2 is 1.59 bits per heavy atom. The summed E-state index contributed by atoms with van der Waals surface area (Å²) in [5.74, 6) is -0.673. The summed E-state index contributed by atoms with van der Waals surface area (Å²) in [5, 5.41) is 18.1. The van der Waals surface area contributed by atoms with Gasteiger partial charge in [0.25, 0.3) is 5.91 Å². The van der Waals surface area contributed by atoms with Crippen molar-refractivity contribution in [3.8, 4) is 5.75 Å². The van der Waals surface area contributed by atoms with Crippen LogP contribution in [-0.4, -0.2) is 45.6 Å². The van der Waals surface area contributed by atoms with Crippen molar-refractivity contribution < 1.29 is 24.2 Å². The molecule has 0 aliphatic heterocycles. The van der Waals surface area contributed by atoms with E-state index in [1.165, 1.54) is 6.07 Å². The number of nitrogens with one attached hydrogen (secondary N) is 2. The van der Waals surface area contributed by atoms with Crippen molar-refractivity contribution >= 4 is 34.4 Å². The Morgan fingerprint density at radius 3 is 2.25 bits per heavy atom. The summed E-state index contributed by atoms with van der Waals surface area (Å²) >= 11 is 0. The van der Waals surface area contributed by atoms with Crippen LogP contribution in [0.4, 0.5) is 10.5 Å². The molecule has 0 bridgehead atoms. The van der Waals surface area contributed by atoms with Crippen molar-refractivity contribution in [2.45, 2.75) is 70.7 Å². The summed E-state index contributed by atoms with van der Waals surface area (Å²) in [7, 11) is 0. The van der Waals surface area contributed by atoms with Gasteiger partial charge in [0.15, 0.2) is 0 Å². The number of amides is 3. The lowest BCUT2D eigenvalue weighted by Crippen LogP contribution is -2.54. The van der Waals surface area contributed by atoms with Gasteiger partial charge in [0, 0.05) is 18.2 Å². The number of benzene rings is 4. The molecule has 8 nitrogen and oxygen atoms in total. The zero-order valence-corrected chi connectivity index (χ0v) is 25.5. The van der Waals surface area contributed by atoms with Crippen molar-refractivity contribution in [2.75, 3.05) is 5.32 Å². The first-order valence-electron chi connectivity index (χ1n) is 14.9. The number of carbonyl (C=O) groups excluding carboxylic acids is 3. The number of hydrogen-bond donors (Lipinski definition) is 3. The van der Waals surface area contributed by atoms with Crippen molar-refractivity contribution in [3.05, 3.63) is 108 Å². The van der Waals surface area contributed by atoms with Gasteiger partial charge in [0.2, 0.25) is 5.91 Å². The van der Waals surface area contributed by atoms with Crippen LogP contribution < -0.4 is 10.6 Å². The molecule has 8 heteroatoms. The van der Waals surface area contributed by atoms with E-state index in [1.807, 2.05) is 72.8 Å². The summed E-state index contributed by atoms with van der Waals surface area (Å²) < 4.78 is 5.52. The number of fused-ring (bicyclic) bond motifs is 1. The molecule has 228 valence electrons. The molecule has 0 spiro atoms. The maximum Gasteiger partial charge on any atom is 0.408 e. The van der Waals surface area contributed by atoms with Gasteiger partial charge in [-0.1, -0.05) is 66.7 Å². The number of rotatable bonds is 9. The smallest absolute Gasteiger partial charge is 0.408 e. The molecule has 0 heterocycles. The molecule has 2 unspecified atom stereocenters. The zero-order valence-electron chi connectivity index (χ0n) is 25.5. The van der Waals surface area contributed by atoms with E-state index in [0.29, 0.717) is 16.8 Å². The van der Waals surface area contributed by atoms with Gasteiger partial charge in [-0.2, -0.15) is 0 Å². The van der Waals surface area contributed by atoms with Crippen LogP contribution in [0.3, 0.4) is 0 Å². The Bertz CT molecular complexity index is 1660. The fourth-order valence-electron chi connectivity index (χ4n) is 5.32. The zero-order chi connectivity index (χ0) is 31.4. The lowest BCUT2D eigenvalue weighted by atomic mass is 9.98. The number of aromatic hydroxyl groups is 1. The maximum atomic E-state index is 14.6. The van der Waals surface area contributed by atoms with E-state index in [-0.39, 0.29) is 30.0 Å². The van der Waals surface area contributed by atoms with Gasteiger partial charge < -0.3 is 25.4 Å². The summed E-state index contributed by atoms with van der Waals surface area (Å²) in [6.07, 6.45) is 0.968. The molecular formula is C36H39N3O5. The normalized spacial score (nSPS) is 14.4. The minimum absolute atomic E-state index is 0.0975. The van der Waals surface area contributed by atoms with Gasteiger partial charge in [0.1, 0.15) is 23.4 Å². The van der Waals surface area contributed by atoms with Crippen LogP contribution in [0.15, 0.2) is 91.0 Å². The highest BCUT2D eigenvalue weighted by Crippen LogP contribution is 2.37. The number of phenols is 1. The molecule has 3 amide bonds. The largest absolute Gasteiger partial charge is 0.508 e. The molecule has 1 fully saturated rings. The number of nitrogens with zero attached hydrogens (tertiary/aromatic N) is 1. The molecule has 2 atom stereocenters. The molecule has 1 saturated carbocycles. The van der Waals surface area contributed by atoms with Crippen LogP contribution in [0, 0.1) is 6.92 Å². The first-order chi connectivity index (χ1) is 21.0. The fourth-order valence-corrected chi connectivity index (χ4v) is 5.32. The van der Waals surface area contributed by atoms with Crippen molar-refractivity contribution in [2.24, 2.45) is 0 Å². The quantitative estimate of drug-likeness (QED) is 0.201. The molecule has 4 aromatic rings. The lowest BCUT2D eigenvalue weighted by Gasteiger charge is -2.35. The van der Waals surface area contributed by atoms with Crippen molar-refractivity contribution in [3.63, 3.8) is 0 Å². The Morgan fingerprint density at radius 1 is 0.909 bits per heavy atom. The third kappa shape index (κ3) is 7.56. The van der Waals surface area contributed by atoms with E-state index in [2.05, 4.69) is 10.6 Å². The highest BCUT2D eigenvalue weighted by Gasteiger charge is 2.44. The van der Waals surface area contributed by atoms with Gasteiger partial charge in [-0.05, 0) is 92.3 Å². The van der Waals surface area contributed by atoms with Crippen LogP contribution in [0.1, 0.15) is 56.3 Å². The predicted molar refractivity (Wildman–Crippen MR) is 171 cm³/mol. The van der Waals surface area contributed by atoms with Crippen molar-refractivity contribution in [1.82, 2.24) is 10.2 Å². The number of aryl methyl sites for hydroxylation is 1. The van der Waals surface area contributed by atoms with Crippen molar-refractivity contribution in [1.29, 1.82) is 0 Å². The van der Waals surface area contributed by atoms with Gasteiger partial charge in [-0.3, -0.25) is 9.59 Å². The van der Waals surface area contributed by atoms with Crippen LogP contribution in [-0.2, 0) is 20.7 Å². The Hall–Kier alpha value is -4.85. The Labute approximate surface area is 258 Å². The average Bonchev–Trinajstić information content (AvgIpc) is 3.81. The van der Waals surface area contributed by atoms with E-state index in [1.54, 1.807) is 44.7 Å². The number of carbonyl (C=O) groups is 3. The topological polar surface area (TPSA) is 108 Å². The third-order valence-corrected chi connectivity index (χ3v) is 7.55. The third-order valence-electron chi connectivity index (χ3n) is 7.55. The summed E-state index contributed by atoms with van der Waals surface area (Å²) in [5.41, 5.74) is 1.85. The first-order valence-corrected chi connectivity index (χ1v) is 14.9. The van der Waals surface area contributed by atoms with Crippen LogP contribution >= 0.6 is 0 Å².